The van der Waals surface area contributed by atoms with Gasteiger partial charge in [0.25, 0.3) is 0 Å². The van der Waals surface area contributed by atoms with E-state index >= 15 is 0 Å². The van der Waals surface area contributed by atoms with Gasteiger partial charge >= 0.3 is 6.61 Å². The van der Waals surface area contributed by atoms with Crippen molar-refractivity contribution in [3.8, 4) is 5.75 Å². The normalized spacial score (nSPS) is 31.6. The molecule has 5 rings (SSSR count). The van der Waals surface area contributed by atoms with Crippen molar-refractivity contribution in [1.82, 2.24) is 20.1 Å². The second-order valence-electron chi connectivity index (χ2n) is 10.6. The molecule has 0 spiro atoms. The maximum atomic E-state index is 12.7. The molecule has 0 aromatic carbocycles. The van der Waals surface area contributed by atoms with Gasteiger partial charge in [-0.05, 0) is 70.1 Å². The van der Waals surface area contributed by atoms with E-state index < -0.39 is 6.61 Å². The Kier molecular flexibility index (Phi) is 6.50. The van der Waals surface area contributed by atoms with Crippen molar-refractivity contribution in [2.75, 3.05) is 31.9 Å². The quantitative estimate of drug-likeness (QED) is 0.501. The monoisotopic (exact) mass is 474 g/mol. The third-order valence-corrected chi connectivity index (χ3v) is 8.08. The molecule has 5 atom stereocenters. The van der Waals surface area contributed by atoms with Crippen molar-refractivity contribution in [3.05, 3.63) is 29.6 Å². The van der Waals surface area contributed by atoms with Crippen LogP contribution in [0, 0.1) is 23.2 Å². The van der Waals surface area contributed by atoms with Crippen LogP contribution in [0.15, 0.2) is 24.0 Å². The number of allylic oxidation sites excluding steroid dienone is 2. The van der Waals surface area contributed by atoms with E-state index in [-0.39, 0.29) is 23.3 Å². The van der Waals surface area contributed by atoms with E-state index in [1.807, 2.05) is 6.08 Å². The SMILES string of the molecule is CC(C)N/C(=C\C(=N)c1cnc(N)c(OC(F)F)c1)[C@H]1[C@@H]2CC(N3CCN4CCCC4C3)C[C@@H]21. The summed E-state index contributed by atoms with van der Waals surface area (Å²) in [5.41, 5.74) is 7.35. The Balaban J connectivity index is 1.25. The lowest BCUT2D eigenvalue weighted by molar-refractivity contribution is -0.0495. The first kappa shape index (κ1) is 23.5. The Bertz CT molecular complexity index is 941. The molecule has 1 aromatic rings. The molecule has 0 bridgehead atoms. The van der Waals surface area contributed by atoms with Crippen LogP contribution in [0.2, 0.25) is 0 Å². The lowest BCUT2D eigenvalue weighted by Gasteiger charge is -2.41. The van der Waals surface area contributed by atoms with E-state index in [0.29, 0.717) is 29.4 Å². The fourth-order valence-corrected chi connectivity index (χ4v) is 6.52. The molecule has 0 amide bonds. The lowest BCUT2D eigenvalue weighted by atomic mass is 9.99. The van der Waals surface area contributed by atoms with Gasteiger partial charge < -0.3 is 21.2 Å². The van der Waals surface area contributed by atoms with Crippen molar-refractivity contribution in [2.45, 2.75) is 64.3 Å². The van der Waals surface area contributed by atoms with Gasteiger partial charge in [0.2, 0.25) is 0 Å². The van der Waals surface area contributed by atoms with Crippen LogP contribution in [0.25, 0.3) is 0 Å². The van der Waals surface area contributed by atoms with Gasteiger partial charge in [0.1, 0.15) is 0 Å². The Morgan fingerprint density at radius 3 is 2.65 bits per heavy atom. The molecule has 9 heteroatoms. The largest absolute Gasteiger partial charge is 0.431 e. The van der Waals surface area contributed by atoms with Gasteiger partial charge in [-0.2, -0.15) is 8.78 Å². The first-order chi connectivity index (χ1) is 16.3. The van der Waals surface area contributed by atoms with Crippen molar-refractivity contribution >= 4 is 11.5 Å². The number of fused-ring (bicyclic) bond motifs is 2. The van der Waals surface area contributed by atoms with Crippen LogP contribution in [-0.2, 0) is 0 Å². The minimum absolute atomic E-state index is 0.109. The summed E-state index contributed by atoms with van der Waals surface area (Å²) < 4.78 is 29.8. The van der Waals surface area contributed by atoms with Gasteiger partial charge in [-0.25, -0.2) is 4.98 Å². The predicted molar refractivity (Wildman–Crippen MR) is 128 cm³/mol. The van der Waals surface area contributed by atoms with E-state index in [9.17, 15) is 8.78 Å². The van der Waals surface area contributed by atoms with Gasteiger partial charge in [-0.1, -0.05) is 0 Å². The number of nitrogens with zero attached hydrogens (tertiary/aromatic N) is 3. The summed E-state index contributed by atoms with van der Waals surface area (Å²) in [6.45, 7) is 6.10. The molecule has 2 saturated carbocycles. The molecular formula is C25H36F2N6O. The molecule has 4 aliphatic rings. The van der Waals surface area contributed by atoms with Gasteiger partial charge in [0, 0.05) is 61.1 Å². The number of hydrogen-bond donors (Lipinski definition) is 3. The number of pyridine rings is 1. The Hall–Kier alpha value is -2.26. The van der Waals surface area contributed by atoms with E-state index in [4.69, 9.17) is 11.1 Å². The molecule has 2 unspecified atom stereocenters. The van der Waals surface area contributed by atoms with Crippen LogP contribution in [0.5, 0.6) is 5.75 Å². The van der Waals surface area contributed by atoms with Crippen LogP contribution >= 0.6 is 0 Å². The first-order valence-electron chi connectivity index (χ1n) is 12.6. The number of hydrogen-bond acceptors (Lipinski definition) is 7. The minimum atomic E-state index is -2.99. The fraction of sp³-hybridized carbons (Fsp3) is 0.680. The summed E-state index contributed by atoms with van der Waals surface area (Å²) in [6.07, 6.45) is 8.41. The molecule has 0 radical (unpaired) electrons. The Morgan fingerprint density at radius 1 is 1.21 bits per heavy atom. The predicted octanol–water partition coefficient (Wildman–Crippen LogP) is 3.32. The topological polar surface area (TPSA) is 90.5 Å². The number of nitrogens with two attached hydrogens (primary N) is 1. The van der Waals surface area contributed by atoms with Gasteiger partial charge in [-0.3, -0.25) is 9.80 Å². The van der Waals surface area contributed by atoms with Gasteiger partial charge in [-0.15, -0.1) is 0 Å². The van der Waals surface area contributed by atoms with Gasteiger partial charge in [0.05, 0.1) is 5.71 Å². The fourth-order valence-electron chi connectivity index (χ4n) is 6.52. The van der Waals surface area contributed by atoms with Crippen LogP contribution in [0.4, 0.5) is 14.6 Å². The van der Waals surface area contributed by atoms with Crippen LogP contribution in [0.1, 0.15) is 45.1 Å². The summed E-state index contributed by atoms with van der Waals surface area (Å²) in [6, 6.07) is 3.05. The molecule has 3 heterocycles. The smallest absolute Gasteiger partial charge is 0.387 e. The maximum Gasteiger partial charge on any atom is 0.387 e. The molecule has 34 heavy (non-hydrogen) atoms. The number of nitrogens with one attached hydrogen (secondary N) is 2. The van der Waals surface area contributed by atoms with Gasteiger partial charge in [0.15, 0.2) is 11.6 Å². The average Bonchev–Trinajstić information content (AvgIpc) is 3.12. The zero-order valence-electron chi connectivity index (χ0n) is 20.0. The number of piperazine rings is 1. The first-order valence-corrected chi connectivity index (χ1v) is 12.6. The number of aromatic nitrogens is 1. The van der Waals surface area contributed by atoms with Crippen molar-refractivity contribution in [3.63, 3.8) is 0 Å². The second kappa shape index (κ2) is 9.41. The van der Waals surface area contributed by atoms with Crippen LogP contribution < -0.4 is 15.8 Å². The van der Waals surface area contributed by atoms with Crippen LogP contribution in [0.3, 0.4) is 0 Å². The molecule has 2 aliphatic carbocycles. The molecular weight excluding hydrogens is 438 g/mol. The molecule has 4 fully saturated rings. The molecule has 2 saturated heterocycles. The molecule has 2 aliphatic heterocycles. The van der Waals surface area contributed by atoms with Crippen molar-refractivity contribution in [1.29, 1.82) is 5.41 Å². The Morgan fingerprint density at radius 2 is 1.94 bits per heavy atom. The highest BCUT2D eigenvalue weighted by Gasteiger charge is 2.58. The number of halogens is 2. The highest BCUT2D eigenvalue weighted by Crippen LogP contribution is 2.61. The number of rotatable bonds is 8. The molecule has 4 N–H and O–H groups in total. The zero-order valence-corrected chi connectivity index (χ0v) is 20.0. The minimum Gasteiger partial charge on any atom is -0.431 e. The summed E-state index contributed by atoms with van der Waals surface area (Å²) in [5.74, 6) is 1.43. The maximum absolute atomic E-state index is 12.7. The molecule has 1 aromatic heterocycles. The Labute approximate surface area is 200 Å². The van der Waals surface area contributed by atoms with E-state index in [0.717, 1.165) is 11.7 Å². The summed E-state index contributed by atoms with van der Waals surface area (Å²) in [4.78, 5) is 9.35. The summed E-state index contributed by atoms with van der Waals surface area (Å²) in [5, 5.41) is 12.2. The van der Waals surface area contributed by atoms with E-state index in [1.165, 1.54) is 64.1 Å². The number of alkyl halides is 2. The molecule has 186 valence electrons. The van der Waals surface area contributed by atoms with Crippen LogP contribution in [-0.4, -0.2) is 71.4 Å². The van der Waals surface area contributed by atoms with E-state index in [1.54, 1.807) is 0 Å². The highest BCUT2D eigenvalue weighted by molar-refractivity contribution is 6.07. The standard InChI is InChI=1S/C25H36F2N6O/c1-14(2)31-21(11-20(28)15-8-22(34-25(26)27)24(29)30-12-15)23-18-9-17(10-19(18)23)33-7-6-32-5-3-4-16(32)13-33/h8,11-12,14,16-19,23,25,28,31H,3-7,9-10,13H2,1-2H3,(H2,29,30)/b21-11-,28-20?/t16?,17?,18-,19+,23+. The highest BCUT2D eigenvalue weighted by atomic mass is 19.3. The average molecular weight is 475 g/mol. The lowest BCUT2D eigenvalue weighted by Crippen LogP contribution is -2.53. The number of ether oxygens (including phenoxy) is 1. The van der Waals surface area contributed by atoms with Crippen molar-refractivity contribution < 1.29 is 13.5 Å². The number of anilines is 1. The number of nitrogen functional groups attached to an aromatic ring is 1. The third kappa shape index (κ3) is 4.77. The third-order valence-electron chi connectivity index (χ3n) is 8.08. The van der Waals surface area contributed by atoms with Crippen molar-refractivity contribution in [2.24, 2.45) is 17.8 Å². The van der Waals surface area contributed by atoms with E-state index in [2.05, 4.69) is 38.7 Å². The second-order valence-corrected chi connectivity index (χ2v) is 10.6. The zero-order chi connectivity index (χ0) is 24.0. The summed E-state index contributed by atoms with van der Waals surface area (Å²) in [7, 11) is 0. The summed E-state index contributed by atoms with van der Waals surface area (Å²) >= 11 is 0. The molecule has 7 nitrogen and oxygen atoms in total.